The highest BCUT2D eigenvalue weighted by atomic mass is 35.5. The van der Waals surface area contributed by atoms with Gasteiger partial charge in [0.15, 0.2) is 0 Å². The first-order valence-electron chi connectivity index (χ1n) is 11.6. The number of ether oxygens (including phenoxy) is 1. The van der Waals surface area contributed by atoms with Gasteiger partial charge in [-0.25, -0.2) is 4.79 Å². The van der Waals surface area contributed by atoms with Crippen molar-refractivity contribution in [3.8, 4) is 22.3 Å². The number of carbonyl (C=O) groups is 1. The standard InChI is InChI=1S/C27H30ClN3O3/c1-27(2,3)25-13-17(10-11-30-25)18-12-19(16-29-15-18)23-9-4-20(14-24(23)28)31-26(33)34-22-7-5-21(32)6-8-22/h4,9-16,21-22,32H,5-8H2,1-3H3,(H,31,33). The third-order valence-electron chi connectivity index (χ3n) is 6.04. The van der Waals surface area contributed by atoms with Crippen LogP contribution in [0.25, 0.3) is 22.3 Å². The molecule has 1 aliphatic rings. The highest BCUT2D eigenvalue weighted by molar-refractivity contribution is 6.33. The third kappa shape index (κ3) is 5.93. The Morgan fingerprint density at radius 2 is 1.76 bits per heavy atom. The third-order valence-corrected chi connectivity index (χ3v) is 6.36. The van der Waals surface area contributed by atoms with Gasteiger partial charge in [-0.3, -0.25) is 15.3 Å². The summed E-state index contributed by atoms with van der Waals surface area (Å²) in [7, 11) is 0. The van der Waals surface area contributed by atoms with E-state index in [1.807, 2.05) is 24.5 Å². The fraction of sp³-hybridized carbons (Fsp3) is 0.370. The molecule has 0 radical (unpaired) electrons. The van der Waals surface area contributed by atoms with Crippen molar-refractivity contribution < 1.29 is 14.6 Å². The summed E-state index contributed by atoms with van der Waals surface area (Å²) < 4.78 is 5.48. The number of nitrogens with zero attached hydrogens (tertiary/aromatic N) is 2. The van der Waals surface area contributed by atoms with Crippen LogP contribution in [-0.4, -0.2) is 33.4 Å². The van der Waals surface area contributed by atoms with Gasteiger partial charge in [-0.05, 0) is 61.6 Å². The first-order chi connectivity index (χ1) is 16.2. The molecule has 1 aromatic carbocycles. The molecule has 3 aromatic rings. The number of rotatable bonds is 4. The molecule has 1 amide bonds. The Hall–Kier alpha value is -2.96. The number of anilines is 1. The topological polar surface area (TPSA) is 84.3 Å². The van der Waals surface area contributed by atoms with Gasteiger partial charge < -0.3 is 9.84 Å². The maximum Gasteiger partial charge on any atom is 0.411 e. The smallest absolute Gasteiger partial charge is 0.411 e. The van der Waals surface area contributed by atoms with E-state index in [4.69, 9.17) is 16.3 Å². The zero-order valence-corrected chi connectivity index (χ0v) is 20.5. The lowest BCUT2D eigenvalue weighted by atomic mass is 9.90. The van der Waals surface area contributed by atoms with Crippen molar-refractivity contribution in [3.05, 3.63) is 65.7 Å². The summed E-state index contributed by atoms with van der Waals surface area (Å²) in [5.74, 6) is 0. The van der Waals surface area contributed by atoms with Crippen LogP contribution in [0, 0.1) is 0 Å². The monoisotopic (exact) mass is 479 g/mol. The summed E-state index contributed by atoms with van der Waals surface area (Å²) in [6, 6.07) is 11.5. The Labute approximate surface area is 205 Å². The zero-order chi connectivity index (χ0) is 24.3. The summed E-state index contributed by atoms with van der Waals surface area (Å²) in [5.41, 5.74) is 5.24. The lowest BCUT2D eigenvalue weighted by Crippen LogP contribution is -2.28. The molecule has 7 heteroatoms. The lowest BCUT2D eigenvalue weighted by molar-refractivity contribution is 0.0401. The van der Waals surface area contributed by atoms with Crippen LogP contribution in [0.4, 0.5) is 10.5 Å². The average Bonchev–Trinajstić information content (AvgIpc) is 2.80. The van der Waals surface area contributed by atoms with Gasteiger partial charge in [-0.2, -0.15) is 0 Å². The second kappa shape index (κ2) is 10.1. The number of halogens is 1. The van der Waals surface area contributed by atoms with Crippen molar-refractivity contribution in [3.63, 3.8) is 0 Å². The van der Waals surface area contributed by atoms with Crippen molar-refractivity contribution in [2.24, 2.45) is 0 Å². The Balaban J connectivity index is 1.49. The molecular formula is C27H30ClN3O3. The molecule has 34 heavy (non-hydrogen) atoms. The normalized spacial score (nSPS) is 18.4. The van der Waals surface area contributed by atoms with E-state index in [0.29, 0.717) is 36.4 Å². The van der Waals surface area contributed by atoms with Crippen LogP contribution in [0.5, 0.6) is 0 Å². The van der Waals surface area contributed by atoms with E-state index in [-0.39, 0.29) is 17.6 Å². The lowest BCUT2D eigenvalue weighted by Gasteiger charge is -2.25. The molecular weight excluding hydrogens is 450 g/mol. The van der Waals surface area contributed by atoms with Crippen LogP contribution in [0.15, 0.2) is 55.0 Å². The quantitative estimate of drug-likeness (QED) is 0.439. The highest BCUT2D eigenvalue weighted by Crippen LogP contribution is 2.33. The molecule has 2 aromatic heterocycles. The van der Waals surface area contributed by atoms with Gasteiger partial charge in [0.05, 0.1) is 11.1 Å². The van der Waals surface area contributed by atoms with E-state index in [1.165, 1.54) is 0 Å². The molecule has 1 saturated carbocycles. The van der Waals surface area contributed by atoms with Crippen LogP contribution in [0.3, 0.4) is 0 Å². The predicted molar refractivity (Wildman–Crippen MR) is 135 cm³/mol. The summed E-state index contributed by atoms with van der Waals surface area (Å²) in [5, 5.41) is 12.8. The molecule has 0 aliphatic heterocycles. The number of aliphatic hydroxyl groups excluding tert-OH is 1. The minimum absolute atomic E-state index is 0.0490. The summed E-state index contributed by atoms with van der Waals surface area (Å²) in [4.78, 5) is 21.2. The summed E-state index contributed by atoms with van der Waals surface area (Å²) in [6.45, 7) is 6.41. The van der Waals surface area contributed by atoms with E-state index in [1.54, 1.807) is 18.3 Å². The van der Waals surface area contributed by atoms with Gasteiger partial charge >= 0.3 is 6.09 Å². The second-order valence-corrected chi connectivity index (χ2v) is 10.2. The minimum Gasteiger partial charge on any atom is -0.446 e. The van der Waals surface area contributed by atoms with Gasteiger partial charge in [0, 0.05) is 52.1 Å². The van der Waals surface area contributed by atoms with Gasteiger partial charge in [0.1, 0.15) is 6.10 Å². The molecule has 178 valence electrons. The predicted octanol–water partition coefficient (Wildman–Crippen LogP) is 6.61. The number of carbonyl (C=O) groups excluding carboxylic acids is 1. The zero-order valence-electron chi connectivity index (χ0n) is 19.7. The maximum absolute atomic E-state index is 12.3. The number of amides is 1. The van der Waals surface area contributed by atoms with Gasteiger partial charge in [0.2, 0.25) is 0 Å². The number of aromatic nitrogens is 2. The molecule has 1 aliphatic carbocycles. The first-order valence-corrected chi connectivity index (χ1v) is 11.9. The van der Waals surface area contributed by atoms with Crippen LogP contribution in [-0.2, 0) is 10.2 Å². The maximum atomic E-state index is 12.3. The number of nitrogens with one attached hydrogen (secondary N) is 1. The first kappa shape index (κ1) is 24.2. The molecule has 4 rings (SSSR count). The van der Waals surface area contributed by atoms with E-state index in [2.05, 4.69) is 48.2 Å². The van der Waals surface area contributed by atoms with Crippen molar-refractivity contribution in [2.75, 3.05) is 5.32 Å². The largest absolute Gasteiger partial charge is 0.446 e. The summed E-state index contributed by atoms with van der Waals surface area (Å²) in [6.07, 6.45) is 7.11. The van der Waals surface area contributed by atoms with Gasteiger partial charge in [0.25, 0.3) is 0 Å². The van der Waals surface area contributed by atoms with Gasteiger partial charge in [-0.1, -0.05) is 38.4 Å². The van der Waals surface area contributed by atoms with Crippen LogP contribution < -0.4 is 5.32 Å². The number of hydrogen-bond donors (Lipinski definition) is 2. The molecule has 2 heterocycles. The molecule has 0 saturated heterocycles. The Kier molecular flexibility index (Phi) is 7.19. The summed E-state index contributed by atoms with van der Waals surface area (Å²) >= 11 is 6.58. The van der Waals surface area contributed by atoms with Crippen molar-refractivity contribution in [2.45, 2.75) is 64.1 Å². The van der Waals surface area contributed by atoms with Crippen LogP contribution in [0.2, 0.25) is 5.02 Å². The van der Waals surface area contributed by atoms with Crippen LogP contribution >= 0.6 is 11.6 Å². The van der Waals surface area contributed by atoms with E-state index in [0.717, 1.165) is 27.9 Å². The van der Waals surface area contributed by atoms with E-state index < -0.39 is 6.09 Å². The van der Waals surface area contributed by atoms with E-state index >= 15 is 0 Å². The van der Waals surface area contributed by atoms with Crippen molar-refractivity contribution >= 4 is 23.4 Å². The molecule has 0 unspecified atom stereocenters. The minimum atomic E-state index is -0.513. The Morgan fingerprint density at radius 3 is 2.47 bits per heavy atom. The molecule has 0 atom stereocenters. The molecule has 2 N–H and O–H groups in total. The number of aliphatic hydroxyl groups is 1. The average molecular weight is 480 g/mol. The number of hydrogen-bond acceptors (Lipinski definition) is 5. The number of pyridine rings is 2. The number of benzene rings is 1. The SMILES string of the molecule is CC(C)(C)c1cc(-c2cncc(-c3ccc(NC(=O)OC4CCC(O)CC4)cc3Cl)c2)ccn1. The Bertz CT molecular complexity index is 1170. The van der Waals surface area contributed by atoms with Crippen molar-refractivity contribution in [1.29, 1.82) is 0 Å². The van der Waals surface area contributed by atoms with Gasteiger partial charge in [-0.15, -0.1) is 0 Å². The van der Waals surface area contributed by atoms with Crippen LogP contribution in [0.1, 0.15) is 52.1 Å². The fourth-order valence-corrected chi connectivity index (χ4v) is 4.34. The van der Waals surface area contributed by atoms with Crippen molar-refractivity contribution in [1.82, 2.24) is 9.97 Å². The molecule has 6 nitrogen and oxygen atoms in total. The fourth-order valence-electron chi connectivity index (χ4n) is 4.05. The van der Waals surface area contributed by atoms with E-state index in [9.17, 15) is 9.90 Å². The second-order valence-electron chi connectivity index (χ2n) is 9.80. The Morgan fingerprint density at radius 1 is 1.03 bits per heavy atom. The molecule has 1 fully saturated rings. The highest BCUT2D eigenvalue weighted by Gasteiger charge is 2.22. The molecule has 0 spiro atoms. The molecule has 0 bridgehead atoms.